The van der Waals surface area contributed by atoms with Crippen molar-refractivity contribution >= 4 is 62.2 Å². The summed E-state index contributed by atoms with van der Waals surface area (Å²) in [6.07, 6.45) is 0. The molecule has 4 aromatic rings. The molecule has 3 aliphatic heterocycles. The van der Waals surface area contributed by atoms with Crippen molar-refractivity contribution < 1.29 is 74.6 Å². The van der Waals surface area contributed by atoms with Gasteiger partial charge in [-0.15, -0.1) is 0 Å². The van der Waals surface area contributed by atoms with Crippen LogP contribution in [0, 0.1) is 0 Å². The van der Waals surface area contributed by atoms with Gasteiger partial charge in [0.05, 0.1) is 68.1 Å². The van der Waals surface area contributed by atoms with Crippen molar-refractivity contribution in [1.29, 1.82) is 0 Å². The van der Waals surface area contributed by atoms with E-state index in [1.54, 1.807) is 62.4 Å². The standard InChI is InChI=1S/C24H33BO7S.C18H21BrO5S.C12H24B2O4.H2/c1-7-28-17-29-16-18-15-20(30-19-9-12-21(13-10-19)33(26,27)8-2)11-14-22(18)25-31-23(3,4)24(5,6)32-25;1-3-22-13-23-12-14-11-16(7-10-18(14)19)24-15-5-8-17(9-6-15)25(20,21)4-2;1-9(2)10(3,4)16-13(15-9)14-17-11(5,6)12(7,8)18-14;/h9-15H,7-8,16-17H2,1-6H3;5-11H,3-4,12-13H2,1-2H3;1-8H3;1H/i;;;1+1. The number of benzene rings is 4. The van der Waals surface area contributed by atoms with Gasteiger partial charge in [-0.3, -0.25) is 0 Å². The van der Waals surface area contributed by atoms with Crippen LogP contribution < -0.4 is 14.9 Å². The summed E-state index contributed by atoms with van der Waals surface area (Å²) in [7, 11) is -7.95. The minimum absolute atomic E-state index is 0. The molecule has 0 unspecified atom stereocenters. The molecule has 0 atom stereocenters. The lowest BCUT2D eigenvalue weighted by Crippen LogP contribution is -2.41. The molecule has 16 nitrogen and oxygen atoms in total. The molecular formula is C54H80B3BrO16S2. The van der Waals surface area contributed by atoms with Gasteiger partial charge in [-0.25, -0.2) is 16.8 Å². The summed E-state index contributed by atoms with van der Waals surface area (Å²) >= 11 is 3.48. The van der Waals surface area contributed by atoms with Gasteiger partial charge in [0.15, 0.2) is 19.7 Å². The molecule has 0 N–H and O–H groups in total. The summed E-state index contributed by atoms with van der Waals surface area (Å²) < 4.78 is 118. The number of hydrogen-bond acceptors (Lipinski definition) is 16. The maximum absolute atomic E-state index is 12.0. The molecule has 0 aromatic heterocycles. The van der Waals surface area contributed by atoms with Gasteiger partial charge in [-0.1, -0.05) is 35.8 Å². The van der Waals surface area contributed by atoms with Crippen LogP contribution in [0.2, 0.25) is 0 Å². The van der Waals surface area contributed by atoms with E-state index in [4.69, 9.17) is 56.3 Å². The van der Waals surface area contributed by atoms with E-state index in [2.05, 4.69) is 15.9 Å². The molecule has 420 valence electrons. The molecule has 3 heterocycles. The Morgan fingerprint density at radius 3 is 1.14 bits per heavy atom. The Morgan fingerprint density at radius 1 is 0.447 bits per heavy atom. The van der Waals surface area contributed by atoms with Crippen LogP contribution in [0.5, 0.6) is 23.0 Å². The van der Waals surface area contributed by atoms with Crippen molar-refractivity contribution in [3.8, 4) is 23.0 Å². The summed E-state index contributed by atoms with van der Waals surface area (Å²) in [5.74, 6) is 2.47. The lowest BCUT2D eigenvalue weighted by atomic mass is 9.49. The van der Waals surface area contributed by atoms with Crippen LogP contribution in [0.3, 0.4) is 0 Å². The molecule has 3 fully saturated rings. The number of ether oxygens (including phenoxy) is 6. The van der Waals surface area contributed by atoms with Gasteiger partial charge >= 0.3 is 21.1 Å². The van der Waals surface area contributed by atoms with Gasteiger partial charge in [0, 0.05) is 19.1 Å². The Bertz CT molecular complexity index is 2680. The molecule has 3 aliphatic rings. The van der Waals surface area contributed by atoms with E-state index in [0.717, 1.165) is 21.1 Å². The van der Waals surface area contributed by atoms with E-state index in [1.807, 2.05) is 133 Å². The fourth-order valence-corrected chi connectivity index (χ4v) is 9.45. The van der Waals surface area contributed by atoms with E-state index in [-0.39, 0.29) is 53.8 Å². The first-order valence-electron chi connectivity index (χ1n) is 25.6. The van der Waals surface area contributed by atoms with Crippen LogP contribution in [0.25, 0.3) is 0 Å². The first-order valence-corrected chi connectivity index (χ1v) is 29.7. The lowest BCUT2D eigenvalue weighted by molar-refractivity contribution is -0.0573. The number of hydrogen-bond donors (Lipinski definition) is 0. The first-order chi connectivity index (χ1) is 35.3. The van der Waals surface area contributed by atoms with Gasteiger partial charge in [-0.05, 0) is 192 Å². The largest absolute Gasteiger partial charge is 0.495 e. The van der Waals surface area contributed by atoms with Gasteiger partial charge < -0.3 is 56.3 Å². The third-order valence-electron chi connectivity index (χ3n) is 14.3. The van der Waals surface area contributed by atoms with Crippen molar-refractivity contribution in [2.45, 2.75) is 167 Å². The van der Waals surface area contributed by atoms with E-state index in [0.29, 0.717) is 54.3 Å². The van der Waals surface area contributed by atoms with Crippen LogP contribution in [0.4, 0.5) is 0 Å². The van der Waals surface area contributed by atoms with E-state index in [1.165, 1.54) is 0 Å². The highest BCUT2D eigenvalue weighted by Gasteiger charge is 2.63. The van der Waals surface area contributed by atoms with Crippen molar-refractivity contribution in [2.24, 2.45) is 0 Å². The zero-order valence-corrected chi connectivity index (χ0v) is 50.4. The van der Waals surface area contributed by atoms with Crippen molar-refractivity contribution in [3.63, 3.8) is 0 Å². The van der Waals surface area contributed by atoms with Gasteiger partial charge in [-0.2, -0.15) is 0 Å². The smallest absolute Gasteiger partial charge is 0.457 e. The lowest BCUT2D eigenvalue weighted by Gasteiger charge is -2.32. The second-order valence-electron chi connectivity index (χ2n) is 21.3. The molecule has 0 saturated carbocycles. The Balaban J connectivity index is 0.000000259. The molecule has 76 heavy (non-hydrogen) atoms. The van der Waals surface area contributed by atoms with Crippen molar-refractivity contribution in [1.82, 2.24) is 0 Å². The van der Waals surface area contributed by atoms with Crippen LogP contribution in [-0.4, -0.2) is 110 Å². The molecule has 0 amide bonds. The van der Waals surface area contributed by atoms with Crippen molar-refractivity contribution in [3.05, 3.63) is 101 Å². The van der Waals surface area contributed by atoms with Crippen LogP contribution >= 0.6 is 15.9 Å². The van der Waals surface area contributed by atoms with Crippen molar-refractivity contribution in [2.75, 3.05) is 38.3 Å². The monoisotopic (exact) mass is 1160 g/mol. The molecule has 4 aromatic carbocycles. The number of halogens is 1. The molecular weight excluding hydrogens is 1080 g/mol. The predicted octanol–water partition coefficient (Wildman–Crippen LogP) is 11.1. The summed E-state index contributed by atoms with van der Waals surface area (Å²) in [6, 6.07) is 24.0. The highest BCUT2D eigenvalue weighted by Crippen LogP contribution is 2.43. The van der Waals surface area contributed by atoms with Crippen LogP contribution in [-0.2, 0) is 79.8 Å². The Hall–Kier alpha value is -3.35. The molecule has 22 heteroatoms. The molecule has 0 aliphatic carbocycles. The topological polar surface area (TPSA) is 179 Å². The Kier molecular flexibility index (Phi) is 21.6. The second-order valence-corrected chi connectivity index (χ2v) is 26.7. The quantitative estimate of drug-likeness (QED) is 0.0463. The highest BCUT2D eigenvalue weighted by molar-refractivity contribution is 9.10. The Labute approximate surface area is 463 Å². The molecule has 0 bridgehead atoms. The zero-order chi connectivity index (χ0) is 56.5. The maximum Gasteiger partial charge on any atom is 0.495 e. The predicted molar refractivity (Wildman–Crippen MR) is 302 cm³/mol. The summed E-state index contributed by atoms with van der Waals surface area (Å²) in [6.45, 7) is 33.6. The number of sulfone groups is 2. The van der Waals surface area contributed by atoms with Gasteiger partial charge in [0.1, 0.15) is 36.6 Å². The number of rotatable bonds is 20. The fourth-order valence-electron chi connectivity index (χ4n) is 7.32. The summed E-state index contributed by atoms with van der Waals surface area (Å²) in [5, 5.41) is 0. The second kappa shape index (κ2) is 25.8. The minimum atomic E-state index is -3.26. The average molecular weight is 1160 g/mol. The normalized spacial score (nSPS) is 18.9. The third kappa shape index (κ3) is 16.2. The van der Waals surface area contributed by atoms with E-state index in [9.17, 15) is 16.8 Å². The third-order valence-corrected chi connectivity index (χ3v) is 18.5. The highest BCUT2D eigenvalue weighted by atomic mass is 79.9. The maximum atomic E-state index is 12.0. The van der Waals surface area contributed by atoms with Gasteiger partial charge in [0.25, 0.3) is 0 Å². The van der Waals surface area contributed by atoms with E-state index < -0.39 is 52.0 Å². The van der Waals surface area contributed by atoms with E-state index >= 15 is 0 Å². The zero-order valence-electron chi connectivity index (χ0n) is 47.2. The van der Waals surface area contributed by atoms with Gasteiger partial charge in [0.2, 0.25) is 0 Å². The SMILES string of the molecule is CC1(C)OB(B2OC(C)(C)C(C)(C)O2)OC1(C)C.CCOCOCc1cc(Oc2ccc(S(=O)(=O)CC)cc2)ccc1B1OC(C)(C)C(C)(C)O1.CCOCOCc1cc(Oc2ccc(S(=O)(=O)CC)cc2)ccc1Br.[2HH]. The average Bonchev–Trinajstić information content (AvgIpc) is 3.82. The molecule has 0 radical (unpaired) electrons. The molecule has 3 saturated heterocycles. The molecule has 7 rings (SSSR count). The molecule has 0 spiro atoms. The Morgan fingerprint density at radius 2 is 0.776 bits per heavy atom. The van der Waals surface area contributed by atoms with Crippen LogP contribution in [0.1, 0.15) is 123 Å². The minimum Gasteiger partial charge on any atom is -0.457 e. The first kappa shape index (κ1) is 63.5. The summed E-state index contributed by atoms with van der Waals surface area (Å²) in [4.78, 5) is 0.571. The summed E-state index contributed by atoms with van der Waals surface area (Å²) in [5.41, 5.74) is 0.291. The van der Waals surface area contributed by atoms with Crippen LogP contribution in [0.15, 0.2) is 99.2 Å². The fraction of sp³-hybridized carbons (Fsp3) is 0.556.